The van der Waals surface area contributed by atoms with Gasteiger partial charge in [0.15, 0.2) is 5.92 Å². The molecule has 2 amide bonds. The molecule has 0 spiro atoms. The molecule has 0 heterocycles. The van der Waals surface area contributed by atoms with Gasteiger partial charge in [-0.3, -0.25) is 19.2 Å². The number of ether oxygens (including phenoxy) is 2. The number of primary amides is 1. The Morgan fingerprint density at radius 3 is 1.96 bits per heavy atom. The van der Waals surface area contributed by atoms with Crippen LogP contribution in [0.3, 0.4) is 0 Å². The largest absolute Gasteiger partial charge is 0.468 e. The molecule has 2 atom stereocenters. The molecule has 0 fully saturated rings. The first-order valence-corrected chi connectivity index (χ1v) is 7.87. The van der Waals surface area contributed by atoms with Crippen LogP contribution in [0.5, 0.6) is 0 Å². The predicted octanol–water partition coefficient (Wildman–Crippen LogP) is 0.887. The van der Waals surface area contributed by atoms with Crippen molar-refractivity contribution in [2.75, 3.05) is 14.2 Å². The van der Waals surface area contributed by atoms with Crippen molar-refractivity contribution in [3.05, 3.63) is 35.4 Å². The first-order valence-electron chi connectivity index (χ1n) is 7.87. The second-order valence-electron chi connectivity index (χ2n) is 5.78. The van der Waals surface area contributed by atoms with Crippen molar-refractivity contribution in [2.45, 2.75) is 19.1 Å². The highest BCUT2D eigenvalue weighted by molar-refractivity contribution is 6.00. The number of amides is 2. The second kappa shape index (κ2) is 9.20. The third-order valence-electron chi connectivity index (χ3n) is 4.03. The summed E-state index contributed by atoms with van der Waals surface area (Å²) in [6.07, 6.45) is -4.82. The number of nitrogens with two attached hydrogens (primary N) is 1. The van der Waals surface area contributed by atoms with E-state index in [-0.39, 0.29) is 0 Å². The molecule has 3 N–H and O–H groups in total. The molecule has 0 aliphatic heterocycles. The Balaban J connectivity index is 3.24. The van der Waals surface area contributed by atoms with Gasteiger partial charge in [-0.1, -0.05) is 19.1 Å². The number of hydrogen-bond donors (Lipinski definition) is 2. The molecule has 0 radical (unpaired) electrons. The Morgan fingerprint density at radius 1 is 1.04 bits per heavy atom. The number of benzene rings is 1. The van der Waals surface area contributed by atoms with Gasteiger partial charge in [-0.05, 0) is 12.1 Å². The minimum absolute atomic E-state index is 0.698. The fraction of sp³-hybridized carbons (Fsp3) is 0.412. The number of rotatable bonds is 7. The maximum Gasteiger partial charge on any atom is 0.417 e. The summed E-state index contributed by atoms with van der Waals surface area (Å²) in [5, 5.41) is 2.05. The van der Waals surface area contributed by atoms with E-state index in [1.165, 1.54) is 13.0 Å². The minimum atomic E-state index is -4.82. The third kappa shape index (κ3) is 5.21. The number of alkyl halides is 3. The monoisotopic (exact) mass is 404 g/mol. The van der Waals surface area contributed by atoms with Gasteiger partial charge < -0.3 is 20.5 Å². The molecule has 1 aromatic carbocycles. The zero-order valence-corrected chi connectivity index (χ0v) is 15.2. The van der Waals surface area contributed by atoms with Crippen molar-refractivity contribution in [1.82, 2.24) is 5.32 Å². The average Bonchev–Trinajstić information content (AvgIpc) is 2.64. The van der Waals surface area contributed by atoms with Gasteiger partial charge in [-0.25, -0.2) is 0 Å². The molecule has 0 unspecified atom stereocenters. The predicted molar refractivity (Wildman–Crippen MR) is 88.6 cm³/mol. The van der Waals surface area contributed by atoms with Gasteiger partial charge in [-0.2, -0.15) is 13.2 Å². The number of hydrogen-bond acceptors (Lipinski definition) is 6. The van der Waals surface area contributed by atoms with Crippen LogP contribution in [-0.2, 0) is 30.0 Å². The zero-order valence-electron chi connectivity index (χ0n) is 15.2. The van der Waals surface area contributed by atoms with E-state index in [0.29, 0.717) is 6.07 Å². The highest BCUT2D eigenvalue weighted by Crippen LogP contribution is 2.32. The van der Waals surface area contributed by atoms with E-state index < -0.39 is 58.9 Å². The van der Waals surface area contributed by atoms with Crippen molar-refractivity contribution in [3.8, 4) is 0 Å². The molecule has 0 aromatic heterocycles. The van der Waals surface area contributed by atoms with Gasteiger partial charge in [0.1, 0.15) is 6.04 Å². The van der Waals surface area contributed by atoms with E-state index in [2.05, 4.69) is 14.8 Å². The van der Waals surface area contributed by atoms with Crippen LogP contribution in [0.1, 0.15) is 22.8 Å². The summed E-state index contributed by atoms with van der Waals surface area (Å²) in [7, 11) is 1.98. The van der Waals surface area contributed by atoms with E-state index in [9.17, 15) is 32.3 Å². The molecule has 11 heteroatoms. The molecule has 0 saturated carbocycles. The van der Waals surface area contributed by atoms with Gasteiger partial charge in [0, 0.05) is 5.92 Å². The van der Waals surface area contributed by atoms with E-state index in [4.69, 9.17) is 5.73 Å². The number of halogens is 3. The minimum Gasteiger partial charge on any atom is -0.468 e. The Kier molecular flexibility index (Phi) is 7.53. The van der Waals surface area contributed by atoms with Gasteiger partial charge >= 0.3 is 18.1 Å². The first-order chi connectivity index (χ1) is 12.9. The Morgan fingerprint density at radius 2 is 1.54 bits per heavy atom. The molecular formula is C17H19F3N2O6. The lowest BCUT2D eigenvalue weighted by Gasteiger charge is -2.27. The first kappa shape index (κ1) is 22.9. The Hall–Kier alpha value is -3.11. The maximum atomic E-state index is 13.1. The van der Waals surface area contributed by atoms with Crippen LogP contribution in [0.15, 0.2) is 24.3 Å². The van der Waals surface area contributed by atoms with Crippen LogP contribution in [0.4, 0.5) is 13.2 Å². The van der Waals surface area contributed by atoms with Crippen LogP contribution in [0.25, 0.3) is 0 Å². The van der Waals surface area contributed by atoms with Crippen LogP contribution in [-0.4, -0.2) is 44.0 Å². The molecule has 0 aliphatic carbocycles. The van der Waals surface area contributed by atoms with E-state index in [0.717, 1.165) is 26.4 Å². The van der Waals surface area contributed by atoms with Gasteiger partial charge in [0.05, 0.1) is 25.3 Å². The average molecular weight is 404 g/mol. The number of carbonyl (C=O) groups excluding carboxylic acids is 4. The summed E-state index contributed by atoms with van der Waals surface area (Å²) in [5.41, 5.74) is 3.26. The van der Waals surface area contributed by atoms with Crippen LogP contribution >= 0.6 is 0 Å². The molecule has 1 rings (SSSR count). The van der Waals surface area contributed by atoms with Crippen molar-refractivity contribution in [1.29, 1.82) is 0 Å². The summed E-state index contributed by atoms with van der Waals surface area (Å²) < 4.78 is 48.3. The lowest BCUT2D eigenvalue weighted by atomic mass is 9.86. The standard InChI is InChI=1S/C17H19F3N2O6/c1-8(11(15(25)27-2)16(26)28-3)12(13(21)23)22-14(24)9-6-4-5-7-10(9)17(18,19)20/h4-8,11-12H,1-3H3,(H2,21,23)(H,22,24)/t8-,12-/m1/s1. The van der Waals surface area contributed by atoms with Crippen LogP contribution in [0, 0.1) is 11.8 Å². The summed E-state index contributed by atoms with van der Waals surface area (Å²) in [5.74, 6) is -7.43. The molecule has 0 bridgehead atoms. The van der Waals surface area contributed by atoms with Crippen molar-refractivity contribution in [3.63, 3.8) is 0 Å². The number of esters is 2. The number of methoxy groups -OCH3 is 2. The highest BCUT2D eigenvalue weighted by atomic mass is 19.4. The lowest BCUT2D eigenvalue weighted by Crippen LogP contribution is -2.53. The van der Waals surface area contributed by atoms with E-state index in [1.807, 2.05) is 0 Å². The maximum absolute atomic E-state index is 13.1. The van der Waals surface area contributed by atoms with E-state index >= 15 is 0 Å². The van der Waals surface area contributed by atoms with Crippen LogP contribution in [0.2, 0.25) is 0 Å². The fourth-order valence-electron chi connectivity index (χ4n) is 2.58. The Bertz CT molecular complexity index is 750. The quantitative estimate of drug-likeness (QED) is 0.514. The highest BCUT2D eigenvalue weighted by Gasteiger charge is 2.42. The summed E-state index contributed by atoms with van der Waals surface area (Å²) in [4.78, 5) is 47.9. The van der Waals surface area contributed by atoms with Crippen molar-refractivity contribution in [2.24, 2.45) is 17.6 Å². The molecule has 28 heavy (non-hydrogen) atoms. The topological polar surface area (TPSA) is 125 Å². The number of nitrogens with one attached hydrogen (secondary N) is 1. The Labute approximate surface area is 158 Å². The zero-order chi connectivity index (χ0) is 21.6. The second-order valence-corrected chi connectivity index (χ2v) is 5.78. The van der Waals surface area contributed by atoms with Crippen molar-refractivity contribution < 1.29 is 41.8 Å². The van der Waals surface area contributed by atoms with Gasteiger partial charge in [0.2, 0.25) is 5.91 Å². The van der Waals surface area contributed by atoms with E-state index in [1.54, 1.807) is 0 Å². The molecular weight excluding hydrogens is 385 g/mol. The molecule has 0 saturated heterocycles. The van der Waals surface area contributed by atoms with Crippen LogP contribution < -0.4 is 11.1 Å². The summed E-state index contributed by atoms with van der Waals surface area (Å²) >= 11 is 0. The normalized spacial score (nSPS) is 13.4. The molecule has 0 aliphatic rings. The third-order valence-corrected chi connectivity index (χ3v) is 4.03. The molecule has 8 nitrogen and oxygen atoms in total. The fourth-order valence-corrected chi connectivity index (χ4v) is 2.58. The van der Waals surface area contributed by atoms with Gasteiger partial charge in [-0.15, -0.1) is 0 Å². The molecule has 154 valence electrons. The SMILES string of the molecule is COC(=O)C(C(=O)OC)[C@@H](C)[C@@H](NC(=O)c1ccccc1C(F)(F)F)C(N)=O. The van der Waals surface area contributed by atoms with Gasteiger partial charge in [0.25, 0.3) is 5.91 Å². The summed E-state index contributed by atoms with van der Waals surface area (Å²) in [6.45, 7) is 1.23. The number of carbonyl (C=O) groups is 4. The summed E-state index contributed by atoms with van der Waals surface area (Å²) in [6, 6.07) is 2.26. The van der Waals surface area contributed by atoms with Crippen molar-refractivity contribution >= 4 is 23.8 Å². The molecule has 1 aromatic rings. The lowest BCUT2D eigenvalue weighted by molar-refractivity contribution is -0.162. The smallest absolute Gasteiger partial charge is 0.417 e.